The molecule has 0 aliphatic rings. The summed E-state index contributed by atoms with van der Waals surface area (Å²) in [5, 5.41) is 0. The van der Waals surface area contributed by atoms with E-state index in [4.69, 9.17) is 0 Å². The molecule has 0 aromatic carbocycles. The second-order valence-corrected chi connectivity index (χ2v) is 4.95. The summed E-state index contributed by atoms with van der Waals surface area (Å²) in [6, 6.07) is 0. The Morgan fingerprint density at radius 2 is 1.94 bits per heavy atom. The Hall–Kier alpha value is -0.870. The molecule has 0 saturated carbocycles. The van der Waals surface area contributed by atoms with Crippen LogP contribution < -0.4 is 4.72 Å². The zero-order valence-electron chi connectivity index (χ0n) is 9.24. The lowest BCUT2D eigenvalue weighted by Gasteiger charge is -2.17. The topological polar surface area (TPSA) is 75.7 Å². The van der Waals surface area contributed by atoms with Crippen molar-refractivity contribution in [1.82, 2.24) is 9.03 Å². The van der Waals surface area contributed by atoms with Gasteiger partial charge in [0.25, 0.3) is 10.2 Å². The quantitative estimate of drug-likeness (QED) is 0.687. The van der Waals surface area contributed by atoms with Crippen molar-refractivity contribution in [1.29, 1.82) is 0 Å². The minimum Gasteiger partial charge on any atom is -0.469 e. The molecule has 1 N–H and O–H groups in total. The van der Waals surface area contributed by atoms with E-state index in [1.807, 2.05) is 0 Å². The Balaban J connectivity index is 4.26. The van der Waals surface area contributed by atoms with Crippen molar-refractivity contribution in [2.45, 2.75) is 12.6 Å². The number of halogens is 3. The molecule has 6 nitrogen and oxygen atoms in total. The van der Waals surface area contributed by atoms with E-state index >= 15 is 0 Å². The molecule has 0 rings (SSSR count). The molecule has 17 heavy (non-hydrogen) atoms. The number of hydrogen-bond acceptors (Lipinski definition) is 4. The first-order valence-electron chi connectivity index (χ1n) is 4.43. The largest absolute Gasteiger partial charge is 0.469 e. The average molecular weight is 278 g/mol. The van der Waals surface area contributed by atoms with Crippen LogP contribution in [-0.4, -0.2) is 52.1 Å². The van der Waals surface area contributed by atoms with Gasteiger partial charge in [-0.05, 0) is 0 Å². The summed E-state index contributed by atoms with van der Waals surface area (Å²) in [4.78, 5) is 10.7. The third-order valence-corrected chi connectivity index (χ3v) is 3.24. The summed E-state index contributed by atoms with van der Waals surface area (Å²) < 4.78 is 64.1. The predicted molar refractivity (Wildman–Crippen MR) is 52.2 cm³/mol. The van der Waals surface area contributed by atoms with Gasteiger partial charge in [0.15, 0.2) is 0 Å². The number of carbonyl (C=O) groups excluding carboxylic acids is 1. The van der Waals surface area contributed by atoms with Gasteiger partial charge in [-0.15, -0.1) is 0 Å². The molecule has 0 fully saturated rings. The normalized spacial score (nSPS) is 12.8. The fourth-order valence-corrected chi connectivity index (χ4v) is 1.65. The highest BCUT2D eigenvalue weighted by atomic mass is 32.2. The van der Waals surface area contributed by atoms with E-state index in [-0.39, 0.29) is 13.0 Å². The zero-order chi connectivity index (χ0) is 13.7. The van der Waals surface area contributed by atoms with Crippen LogP contribution in [0.2, 0.25) is 0 Å². The van der Waals surface area contributed by atoms with Gasteiger partial charge in [0.2, 0.25) is 0 Å². The first-order chi connectivity index (χ1) is 7.58. The van der Waals surface area contributed by atoms with Crippen molar-refractivity contribution < 1.29 is 31.1 Å². The highest BCUT2D eigenvalue weighted by Gasteiger charge is 2.30. The Kier molecular flexibility index (Phi) is 5.85. The second kappa shape index (κ2) is 6.17. The molecule has 0 saturated heterocycles. The van der Waals surface area contributed by atoms with Crippen LogP contribution in [-0.2, 0) is 19.7 Å². The van der Waals surface area contributed by atoms with Gasteiger partial charge >= 0.3 is 12.1 Å². The summed E-state index contributed by atoms with van der Waals surface area (Å²) in [5.74, 6) is -0.650. The van der Waals surface area contributed by atoms with Crippen molar-refractivity contribution in [3.05, 3.63) is 0 Å². The molecule has 0 unspecified atom stereocenters. The number of nitrogens with one attached hydrogen (secondary N) is 1. The van der Waals surface area contributed by atoms with E-state index in [0.29, 0.717) is 4.31 Å². The molecule has 0 heterocycles. The van der Waals surface area contributed by atoms with E-state index < -0.39 is 28.9 Å². The van der Waals surface area contributed by atoms with Crippen LogP contribution in [0.15, 0.2) is 0 Å². The van der Waals surface area contributed by atoms with Gasteiger partial charge in [0.05, 0.1) is 13.5 Å². The number of methoxy groups -OCH3 is 1. The zero-order valence-corrected chi connectivity index (χ0v) is 10.1. The molecular weight excluding hydrogens is 265 g/mol. The number of nitrogens with zero attached hydrogens (tertiary/aromatic N) is 1. The lowest BCUT2D eigenvalue weighted by molar-refractivity contribution is -0.140. The summed E-state index contributed by atoms with van der Waals surface area (Å²) in [5.41, 5.74) is 0. The molecule has 0 aliphatic heterocycles. The molecule has 102 valence electrons. The lowest BCUT2D eigenvalue weighted by Crippen LogP contribution is -2.43. The average Bonchev–Trinajstić information content (AvgIpc) is 2.21. The number of carbonyl (C=O) groups is 1. The standard InChI is InChI=1S/C7H13F3N2O4S/c1-12(4-3-6(13)16-2)17(14,15)11-5-7(8,9)10/h11H,3-5H2,1-2H3. The van der Waals surface area contributed by atoms with E-state index in [1.54, 1.807) is 0 Å². The Bertz CT molecular complexity index is 355. The molecular formula is C7H13F3N2O4S. The molecule has 0 bridgehead atoms. The summed E-state index contributed by atoms with van der Waals surface area (Å²) in [6.45, 7) is -1.92. The number of esters is 1. The molecule has 0 atom stereocenters. The number of alkyl halides is 3. The van der Waals surface area contributed by atoms with Crippen molar-refractivity contribution in [2.24, 2.45) is 0 Å². The molecule has 0 spiro atoms. The van der Waals surface area contributed by atoms with Gasteiger partial charge in [-0.2, -0.15) is 30.6 Å². The fraction of sp³-hybridized carbons (Fsp3) is 0.857. The first-order valence-corrected chi connectivity index (χ1v) is 5.87. The minimum absolute atomic E-state index is 0.236. The van der Waals surface area contributed by atoms with Crippen molar-refractivity contribution in [3.8, 4) is 0 Å². The Morgan fingerprint density at radius 1 is 1.41 bits per heavy atom. The number of ether oxygens (including phenoxy) is 1. The van der Waals surface area contributed by atoms with Gasteiger partial charge in [0, 0.05) is 13.6 Å². The third kappa shape index (κ3) is 7.13. The lowest BCUT2D eigenvalue weighted by atomic mass is 10.4. The van der Waals surface area contributed by atoms with Crippen LogP contribution >= 0.6 is 0 Å². The van der Waals surface area contributed by atoms with Gasteiger partial charge < -0.3 is 4.74 Å². The van der Waals surface area contributed by atoms with Gasteiger partial charge in [-0.25, -0.2) is 0 Å². The Labute approximate surface area is 96.9 Å². The fourth-order valence-electron chi connectivity index (χ4n) is 0.754. The molecule has 0 aromatic heterocycles. The maximum absolute atomic E-state index is 11.8. The highest BCUT2D eigenvalue weighted by Crippen LogP contribution is 2.13. The SMILES string of the molecule is COC(=O)CCN(C)S(=O)(=O)NCC(F)(F)F. The molecule has 0 aromatic rings. The molecule has 0 radical (unpaired) electrons. The van der Waals surface area contributed by atoms with Crippen LogP contribution in [0.1, 0.15) is 6.42 Å². The van der Waals surface area contributed by atoms with Crippen LogP contribution in [0, 0.1) is 0 Å². The molecule has 0 aliphatic carbocycles. The predicted octanol–water partition coefficient (Wildman–Crippen LogP) is -0.122. The van der Waals surface area contributed by atoms with Crippen LogP contribution in [0.25, 0.3) is 0 Å². The van der Waals surface area contributed by atoms with Crippen LogP contribution in [0.3, 0.4) is 0 Å². The van der Waals surface area contributed by atoms with Gasteiger partial charge in [-0.1, -0.05) is 0 Å². The summed E-state index contributed by atoms with van der Waals surface area (Å²) in [7, 11) is -2.06. The van der Waals surface area contributed by atoms with Gasteiger partial charge in [-0.3, -0.25) is 4.79 Å². The minimum atomic E-state index is -4.63. The summed E-state index contributed by atoms with van der Waals surface area (Å²) >= 11 is 0. The Morgan fingerprint density at radius 3 is 2.35 bits per heavy atom. The maximum Gasteiger partial charge on any atom is 0.402 e. The smallest absolute Gasteiger partial charge is 0.402 e. The number of rotatable bonds is 6. The monoisotopic (exact) mass is 278 g/mol. The second-order valence-electron chi connectivity index (χ2n) is 3.09. The van der Waals surface area contributed by atoms with E-state index in [1.165, 1.54) is 4.72 Å². The summed E-state index contributed by atoms with van der Waals surface area (Å²) in [6.07, 6.45) is -4.86. The van der Waals surface area contributed by atoms with Crippen LogP contribution in [0.4, 0.5) is 13.2 Å². The van der Waals surface area contributed by atoms with Crippen molar-refractivity contribution in [2.75, 3.05) is 27.2 Å². The van der Waals surface area contributed by atoms with Crippen LogP contribution in [0.5, 0.6) is 0 Å². The van der Waals surface area contributed by atoms with E-state index in [9.17, 15) is 26.4 Å². The highest BCUT2D eigenvalue weighted by molar-refractivity contribution is 7.87. The third-order valence-electron chi connectivity index (χ3n) is 1.72. The van der Waals surface area contributed by atoms with Gasteiger partial charge in [0.1, 0.15) is 6.54 Å². The molecule has 0 amide bonds. The van der Waals surface area contributed by atoms with Crippen molar-refractivity contribution in [3.63, 3.8) is 0 Å². The number of hydrogen-bond donors (Lipinski definition) is 1. The maximum atomic E-state index is 11.8. The van der Waals surface area contributed by atoms with Crippen molar-refractivity contribution >= 4 is 16.2 Å². The first kappa shape index (κ1) is 16.1. The van der Waals surface area contributed by atoms with E-state index in [2.05, 4.69) is 4.74 Å². The molecule has 10 heteroatoms. The van der Waals surface area contributed by atoms with E-state index in [0.717, 1.165) is 14.2 Å².